The first-order valence-corrected chi connectivity index (χ1v) is 17.5. The lowest BCUT2D eigenvalue weighted by atomic mass is 10.0. The van der Waals surface area contributed by atoms with Crippen LogP contribution in [0, 0.1) is 0 Å². The number of hydrogen-bond acceptors (Lipinski definition) is 2. The molecular formula is C46H30N2S. The molecule has 0 radical (unpaired) electrons. The molecule has 8 aromatic carbocycles. The number of benzene rings is 8. The lowest BCUT2D eigenvalue weighted by Crippen LogP contribution is -2.09. The maximum atomic E-state index is 2.43. The van der Waals surface area contributed by atoms with Gasteiger partial charge in [0.25, 0.3) is 0 Å². The van der Waals surface area contributed by atoms with E-state index in [0.717, 1.165) is 17.1 Å². The van der Waals surface area contributed by atoms with Gasteiger partial charge in [-0.05, 0) is 87.3 Å². The molecule has 2 aromatic heterocycles. The molecule has 0 amide bonds. The molecule has 0 aliphatic heterocycles. The first kappa shape index (κ1) is 27.9. The minimum absolute atomic E-state index is 1.13. The number of hydrogen-bond donors (Lipinski definition) is 0. The topological polar surface area (TPSA) is 8.17 Å². The predicted octanol–water partition coefficient (Wildman–Crippen LogP) is 13.4. The number of anilines is 3. The van der Waals surface area contributed by atoms with Crippen LogP contribution in [0.5, 0.6) is 0 Å². The van der Waals surface area contributed by atoms with Gasteiger partial charge < -0.3 is 9.47 Å². The summed E-state index contributed by atoms with van der Waals surface area (Å²) in [5.41, 5.74) is 9.58. The van der Waals surface area contributed by atoms with Gasteiger partial charge in [0, 0.05) is 38.2 Å². The molecule has 0 unspecified atom stereocenters. The molecule has 0 aliphatic rings. The van der Waals surface area contributed by atoms with E-state index in [1.807, 2.05) is 11.3 Å². The van der Waals surface area contributed by atoms with Crippen molar-refractivity contribution in [1.29, 1.82) is 0 Å². The molecule has 10 rings (SSSR count). The van der Waals surface area contributed by atoms with Crippen LogP contribution in [-0.4, -0.2) is 4.57 Å². The molecule has 0 atom stereocenters. The zero-order valence-electron chi connectivity index (χ0n) is 26.6. The zero-order valence-corrected chi connectivity index (χ0v) is 27.4. The van der Waals surface area contributed by atoms with Crippen molar-refractivity contribution in [3.05, 3.63) is 182 Å². The fraction of sp³-hybridized carbons (Fsp3) is 0. The van der Waals surface area contributed by atoms with Crippen LogP contribution in [0.3, 0.4) is 0 Å². The average Bonchev–Trinajstić information content (AvgIpc) is 3.71. The lowest BCUT2D eigenvalue weighted by molar-refractivity contribution is 1.19. The zero-order chi connectivity index (χ0) is 32.3. The Hall–Kier alpha value is -6.16. The van der Waals surface area contributed by atoms with E-state index in [1.165, 1.54) is 69.6 Å². The molecule has 0 fully saturated rings. The normalized spacial score (nSPS) is 11.7. The summed E-state index contributed by atoms with van der Waals surface area (Å²) in [5.74, 6) is 0. The first-order valence-electron chi connectivity index (χ1n) is 16.7. The Kier molecular flexibility index (Phi) is 6.39. The smallest absolute Gasteiger partial charge is 0.0727 e. The van der Waals surface area contributed by atoms with Crippen LogP contribution in [0.2, 0.25) is 0 Å². The number of fused-ring (bicyclic) bond motifs is 8. The van der Waals surface area contributed by atoms with Crippen LogP contribution in [0.25, 0.3) is 69.6 Å². The molecule has 2 heterocycles. The second-order valence-electron chi connectivity index (χ2n) is 12.6. The van der Waals surface area contributed by atoms with Gasteiger partial charge in [-0.25, -0.2) is 0 Å². The van der Waals surface area contributed by atoms with E-state index in [0.29, 0.717) is 0 Å². The van der Waals surface area contributed by atoms with Gasteiger partial charge in [0.2, 0.25) is 0 Å². The summed E-state index contributed by atoms with van der Waals surface area (Å²) in [6.45, 7) is 0. The molecule has 0 bridgehead atoms. The quantitative estimate of drug-likeness (QED) is 0.170. The van der Waals surface area contributed by atoms with Crippen molar-refractivity contribution in [1.82, 2.24) is 4.57 Å². The monoisotopic (exact) mass is 642 g/mol. The van der Waals surface area contributed by atoms with Crippen molar-refractivity contribution in [3.63, 3.8) is 0 Å². The van der Waals surface area contributed by atoms with E-state index in [4.69, 9.17) is 0 Å². The Bertz CT molecular complexity index is 2810. The summed E-state index contributed by atoms with van der Waals surface area (Å²) in [4.78, 5) is 2.35. The number of rotatable bonds is 5. The molecule has 3 heteroatoms. The van der Waals surface area contributed by atoms with Crippen molar-refractivity contribution in [2.45, 2.75) is 0 Å². The van der Waals surface area contributed by atoms with Crippen LogP contribution in [-0.2, 0) is 0 Å². The summed E-state index contributed by atoms with van der Waals surface area (Å²) in [6, 6.07) is 65.9. The Morgan fingerprint density at radius 1 is 0.408 bits per heavy atom. The molecular weight excluding hydrogens is 613 g/mol. The first-order chi connectivity index (χ1) is 24.3. The minimum atomic E-state index is 1.13. The third-order valence-electron chi connectivity index (χ3n) is 9.75. The van der Waals surface area contributed by atoms with Gasteiger partial charge in [-0.3, -0.25) is 0 Å². The summed E-state index contributed by atoms with van der Waals surface area (Å²) >= 11 is 1.90. The second-order valence-corrected chi connectivity index (χ2v) is 13.6. The Morgan fingerprint density at radius 3 is 1.88 bits per heavy atom. The van der Waals surface area contributed by atoms with E-state index in [-0.39, 0.29) is 0 Å². The number of thiophene rings is 1. The summed E-state index contributed by atoms with van der Waals surface area (Å²) < 4.78 is 5.08. The highest BCUT2D eigenvalue weighted by Gasteiger charge is 2.20. The summed E-state index contributed by atoms with van der Waals surface area (Å²) in [7, 11) is 0. The lowest BCUT2D eigenvalue weighted by Gasteiger charge is -2.26. The van der Waals surface area contributed by atoms with Gasteiger partial charge in [0.1, 0.15) is 0 Å². The Morgan fingerprint density at radius 2 is 1.04 bits per heavy atom. The molecule has 0 saturated carbocycles. The van der Waals surface area contributed by atoms with Crippen LogP contribution in [0.1, 0.15) is 0 Å². The maximum Gasteiger partial charge on any atom is 0.0727 e. The van der Waals surface area contributed by atoms with Crippen molar-refractivity contribution in [2.24, 2.45) is 0 Å². The molecule has 0 N–H and O–H groups in total. The number of nitrogens with zero attached hydrogens (tertiary/aromatic N) is 2. The number of aromatic nitrogens is 1. The van der Waals surface area contributed by atoms with Crippen LogP contribution in [0.4, 0.5) is 17.1 Å². The average molecular weight is 643 g/mol. The van der Waals surface area contributed by atoms with E-state index in [2.05, 4.69) is 191 Å². The van der Waals surface area contributed by atoms with Gasteiger partial charge in [-0.2, -0.15) is 0 Å². The van der Waals surface area contributed by atoms with Crippen LogP contribution in [0.15, 0.2) is 182 Å². The Balaban J connectivity index is 1.11. The predicted molar refractivity (Wildman–Crippen MR) is 211 cm³/mol. The van der Waals surface area contributed by atoms with Crippen molar-refractivity contribution >= 4 is 81.1 Å². The summed E-state index contributed by atoms with van der Waals surface area (Å²) in [6.07, 6.45) is 0. The molecule has 49 heavy (non-hydrogen) atoms. The highest BCUT2D eigenvalue weighted by molar-refractivity contribution is 7.27. The van der Waals surface area contributed by atoms with Gasteiger partial charge in [0.15, 0.2) is 0 Å². The Labute approximate surface area is 288 Å². The summed E-state index contributed by atoms with van der Waals surface area (Å²) in [5, 5.41) is 7.64. The SMILES string of the molecule is c1ccc(N(c2ccc(-c3cccc4c3sc3c5ccccc5n(-c5ccccc5)c43)cc2)c2ccc3c(ccc4ccccc43)c2)cc1. The van der Waals surface area contributed by atoms with E-state index in [1.54, 1.807) is 0 Å². The van der Waals surface area contributed by atoms with Gasteiger partial charge >= 0.3 is 0 Å². The molecule has 0 saturated heterocycles. The van der Waals surface area contributed by atoms with E-state index in [9.17, 15) is 0 Å². The second kappa shape index (κ2) is 11.2. The van der Waals surface area contributed by atoms with E-state index < -0.39 is 0 Å². The van der Waals surface area contributed by atoms with Gasteiger partial charge in [-0.15, -0.1) is 11.3 Å². The minimum Gasteiger partial charge on any atom is -0.310 e. The third-order valence-corrected chi connectivity index (χ3v) is 11.0. The van der Waals surface area contributed by atoms with Crippen LogP contribution >= 0.6 is 11.3 Å². The third kappa shape index (κ3) is 4.47. The largest absolute Gasteiger partial charge is 0.310 e. The van der Waals surface area contributed by atoms with Gasteiger partial charge in [0.05, 0.1) is 15.7 Å². The highest BCUT2D eigenvalue weighted by atomic mass is 32.1. The van der Waals surface area contributed by atoms with Crippen molar-refractivity contribution in [3.8, 4) is 16.8 Å². The van der Waals surface area contributed by atoms with Gasteiger partial charge in [-0.1, -0.05) is 127 Å². The fourth-order valence-corrected chi connectivity index (χ4v) is 8.87. The molecule has 0 aliphatic carbocycles. The fourth-order valence-electron chi connectivity index (χ4n) is 7.52. The van der Waals surface area contributed by atoms with Crippen molar-refractivity contribution < 1.29 is 0 Å². The standard InChI is InChI=1S/C46H30N2S/c1-3-13-34(14-4-1)47(37-28-29-39-33(30-37)23-22-31-12-7-8-17-38(31)39)36-26-24-32(25-27-36)40-19-11-20-42-44-46(49-45(40)42)41-18-9-10-21-43(41)48(44)35-15-5-2-6-16-35/h1-30H. The highest BCUT2D eigenvalue weighted by Crippen LogP contribution is 2.46. The van der Waals surface area contributed by atoms with Crippen LogP contribution < -0.4 is 4.90 Å². The van der Waals surface area contributed by atoms with Crippen molar-refractivity contribution in [2.75, 3.05) is 4.90 Å². The maximum absolute atomic E-state index is 2.43. The molecule has 0 spiro atoms. The molecule has 230 valence electrons. The molecule has 10 aromatic rings. The molecule has 2 nitrogen and oxygen atoms in total. The number of para-hydroxylation sites is 3. The van der Waals surface area contributed by atoms with E-state index >= 15 is 0 Å².